The van der Waals surface area contributed by atoms with Gasteiger partial charge in [0.05, 0.1) is 6.54 Å². The fraction of sp³-hybridized carbons (Fsp3) is 0.200. The summed E-state index contributed by atoms with van der Waals surface area (Å²) >= 11 is 2.29. The number of benzene rings is 1. The Morgan fingerprint density at radius 1 is 1.33 bits per heavy atom. The van der Waals surface area contributed by atoms with Gasteiger partial charge in [0, 0.05) is 9.26 Å². The molecule has 4 nitrogen and oxygen atoms in total. The fourth-order valence-corrected chi connectivity index (χ4v) is 1.77. The lowest BCUT2D eigenvalue weighted by Gasteiger charge is -2.05. The molecule has 0 radical (unpaired) electrons. The van der Waals surface area contributed by atoms with Gasteiger partial charge in [-0.25, -0.2) is 4.63 Å². The highest BCUT2D eigenvalue weighted by Gasteiger charge is 2.05. The van der Waals surface area contributed by atoms with Gasteiger partial charge in [0.15, 0.2) is 0 Å². The van der Waals surface area contributed by atoms with E-state index in [4.69, 9.17) is 0 Å². The van der Waals surface area contributed by atoms with Crippen molar-refractivity contribution in [3.05, 3.63) is 39.2 Å². The van der Waals surface area contributed by atoms with Crippen molar-refractivity contribution >= 4 is 28.3 Å². The Morgan fingerprint density at radius 2 is 2.13 bits per heavy atom. The first-order valence-corrected chi connectivity index (χ1v) is 5.61. The number of hydrogen-bond acceptors (Lipinski definition) is 4. The van der Waals surface area contributed by atoms with Crippen LogP contribution in [0.25, 0.3) is 0 Å². The van der Waals surface area contributed by atoms with E-state index in [1.807, 2.05) is 25.1 Å². The molecule has 1 aromatic carbocycles. The Bertz CT molecular complexity index is 455. The SMILES string of the molecule is Cc1nonc1CNc1ccccc1I. The van der Waals surface area contributed by atoms with Crippen molar-refractivity contribution in [2.75, 3.05) is 5.32 Å². The third-order valence-corrected chi connectivity index (χ3v) is 3.01. The number of aromatic nitrogens is 2. The molecular formula is C10H10IN3O. The molecule has 0 saturated heterocycles. The van der Waals surface area contributed by atoms with Crippen LogP contribution < -0.4 is 5.32 Å². The largest absolute Gasteiger partial charge is 0.378 e. The number of aryl methyl sites for hydroxylation is 1. The summed E-state index contributed by atoms with van der Waals surface area (Å²) < 4.78 is 5.81. The van der Waals surface area contributed by atoms with Crippen LogP contribution in [-0.2, 0) is 6.54 Å². The van der Waals surface area contributed by atoms with Crippen LogP contribution in [0.2, 0.25) is 0 Å². The van der Waals surface area contributed by atoms with Crippen LogP contribution in [0.15, 0.2) is 28.9 Å². The van der Waals surface area contributed by atoms with E-state index >= 15 is 0 Å². The van der Waals surface area contributed by atoms with E-state index in [1.165, 1.54) is 3.57 Å². The Hall–Kier alpha value is -1.11. The fourth-order valence-electron chi connectivity index (χ4n) is 1.19. The molecule has 0 aliphatic heterocycles. The first-order chi connectivity index (χ1) is 7.27. The molecule has 5 heteroatoms. The minimum atomic E-state index is 0.634. The summed E-state index contributed by atoms with van der Waals surface area (Å²) in [5.74, 6) is 0. The normalized spacial score (nSPS) is 10.3. The summed E-state index contributed by atoms with van der Waals surface area (Å²) in [7, 11) is 0. The summed E-state index contributed by atoms with van der Waals surface area (Å²) in [6.45, 7) is 2.51. The monoisotopic (exact) mass is 315 g/mol. The molecule has 2 aromatic rings. The van der Waals surface area contributed by atoms with Crippen molar-refractivity contribution in [1.82, 2.24) is 10.3 Å². The number of anilines is 1. The zero-order valence-electron chi connectivity index (χ0n) is 8.20. The van der Waals surface area contributed by atoms with Crippen molar-refractivity contribution < 1.29 is 4.63 Å². The second-order valence-electron chi connectivity index (χ2n) is 3.13. The lowest BCUT2D eigenvalue weighted by molar-refractivity contribution is 0.301. The standard InChI is InChI=1S/C10H10IN3O/c1-7-10(14-15-13-7)6-12-9-5-3-2-4-8(9)11/h2-5,12H,6H2,1H3. The van der Waals surface area contributed by atoms with E-state index in [0.717, 1.165) is 17.1 Å². The van der Waals surface area contributed by atoms with Gasteiger partial charge in [0.2, 0.25) is 0 Å². The molecule has 1 heterocycles. The van der Waals surface area contributed by atoms with Crippen molar-refractivity contribution in [3.8, 4) is 0 Å². The molecule has 0 aliphatic carbocycles. The number of halogens is 1. The van der Waals surface area contributed by atoms with E-state index in [9.17, 15) is 0 Å². The average Bonchev–Trinajstić information content (AvgIpc) is 2.63. The second kappa shape index (κ2) is 4.61. The predicted octanol–water partition coefficient (Wildman–Crippen LogP) is 2.59. The highest BCUT2D eigenvalue weighted by molar-refractivity contribution is 14.1. The van der Waals surface area contributed by atoms with Gasteiger partial charge in [-0.1, -0.05) is 22.4 Å². The lowest BCUT2D eigenvalue weighted by atomic mass is 10.3. The smallest absolute Gasteiger partial charge is 0.127 e. The van der Waals surface area contributed by atoms with Gasteiger partial charge >= 0.3 is 0 Å². The zero-order chi connectivity index (χ0) is 10.7. The maximum atomic E-state index is 4.62. The molecule has 0 amide bonds. The Labute approximate surface area is 101 Å². The van der Waals surface area contributed by atoms with Crippen LogP contribution in [0, 0.1) is 10.5 Å². The molecule has 0 unspecified atom stereocenters. The molecule has 1 aromatic heterocycles. The minimum Gasteiger partial charge on any atom is -0.378 e. The quantitative estimate of drug-likeness (QED) is 0.885. The van der Waals surface area contributed by atoms with E-state index in [0.29, 0.717) is 6.54 Å². The van der Waals surface area contributed by atoms with Gasteiger partial charge in [0.1, 0.15) is 11.4 Å². The first-order valence-electron chi connectivity index (χ1n) is 4.54. The van der Waals surface area contributed by atoms with Crippen molar-refractivity contribution in [1.29, 1.82) is 0 Å². The van der Waals surface area contributed by atoms with E-state index in [-0.39, 0.29) is 0 Å². The first kappa shape index (κ1) is 10.4. The third-order valence-electron chi connectivity index (χ3n) is 2.07. The molecule has 0 spiro atoms. The number of rotatable bonds is 3. The van der Waals surface area contributed by atoms with Crippen LogP contribution >= 0.6 is 22.6 Å². The minimum absolute atomic E-state index is 0.634. The maximum Gasteiger partial charge on any atom is 0.127 e. The zero-order valence-corrected chi connectivity index (χ0v) is 10.4. The highest BCUT2D eigenvalue weighted by atomic mass is 127. The van der Waals surface area contributed by atoms with Crippen molar-refractivity contribution in [3.63, 3.8) is 0 Å². The van der Waals surface area contributed by atoms with Crippen LogP contribution in [0.4, 0.5) is 5.69 Å². The maximum absolute atomic E-state index is 4.62. The molecule has 0 fully saturated rings. The van der Waals surface area contributed by atoms with Crippen molar-refractivity contribution in [2.45, 2.75) is 13.5 Å². The van der Waals surface area contributed by atoms with Gasteiger partial charge in [-0.3, -0.25) is 0 Å². The average molecular weight is 315 g/mol. The second-order valence-corrected chi connectivity index (χ2v) is 4.29. The molecule has 0 saturated carbocycles. The van der Waals surface area contributed by atoms with Crippen molar-refractivity contribution in [2.24, 2.45) is 0 Å². The Morgan fingerprint density at radius 3 is 2.80 bits per heavy atom. The molecular weight excluding hydrogens is 305 g/mol. The van der Waals surface area contributed by atoms with Gasteiger partial charge < -0.3 is 5.32 Å². The lowest BCUT2D eigenvalue weighted by Crippen LogP contribution is -2.02. The van der Waals surface area contributed by atoms with Gasteiger partial charge in [-0.15, -0.1) is 0 Å². The summed E-state index contributed by atoms with van der Waals surface area (Å²) in [6, 6.07) is 8.09. The molecule has 1 N–H and O–H groups in total. The number of para-hydroxylation sites is 1. The summed E-state index contributed by atoms with van der Waals surface area (Å²) in [6.07, 6.45) is 0. The topological polar surface area (TPSA) is 51.0 Å². The van der Waals surface area contributed by atoms with Gasteiger partial charge in [0.25, 0.3) is 0 Å². The van der Waals surface area contributed by atoms with E-state index in [1.54, 1.807) is 0 Å². The van der Waals surface area contributed by atoms with Crippen LogP contribution in [0.5, 0.6) is 0 Å². The van der Waals surface area contributed by atoms with E-state index < -0.39 is 0 Å². The summed E-state index contributed by atoms with van der Waals surface area (Å²) in [5.41, 5.74) is 2.77. The van der Waals surface area contributed by atoms with Gasteiger partial charge in [-0.05, 0) is 41.6 Å². The van der Waals surface area contributed by atoms with Crippen LogP contribution in [0.1, 0.15) is 11.4 Å². The number of hydrogen-bond donors (Lipinski definition) is 1. The van der Waals surface area contributed by atoms with E-state index in [2.05, 4.69) is 48.9 Å². The van der Waals surface area contributed by atoms with Gasteiger partial charge in [-0.2, -0.15) is 0 Å². The summed E-state index contributed by atoms with van der Waals surface area (Å²) in [5, 5.41) is 10.8. The predicted molar refractivity (Wildman–Crippen MR) is 65.5 cm³/mol. The molecule has 0 atom stereocenters. The van der Waals surface area contributed by atoms with Crippen LogP contribution in [-0.4, -0.2) is 10.3 Å². The number of nitrogens with zero attached hydrogens (tertiary/aromatic N) is 2. The molecule has 0 bridgehead atoms. The number of nitrogens with one attached hydrogen (secondary N) is 1. The Kier molecular flexibility index (Phi) is 3.20. The molecule has 2 rings (SSSR count). The molecule has 15 heavy (non-hydrogen) atoms. The highest BCUT2D eigenvalue weighted by Crippen LogP contribution is 2.17. The third kappa shape index (κ3) is 2.47. The molecule has 0 aliphatic rings. The van der Waals surface area contributed by atoms with Crippen LogP contribution in [0.3, 0.4) is 0 Å². The summed E-state index contributed by atoms with van der Waals surface area (Å²) in [4.78, 5) is 0. The molecule has 78 valence electrons. The Balaban J connectivity index is 2.06.